The highest BCUT2D eigenvalue weighted by Crippen LogP contribution is 2.27. The molecular weight excluding hydrogens is 230 g/mol. The molecule has 0 fully saturated rings. The van der Waals surface area contributed by atoms with E-state index in [4.69, 9.17) is 22.3 Å². The molecule has 1 aromatic rings. The molecule has 0 aliphatic rings. The predicted molar refractivity (Wildman–Crippen MR) is 61.1 cm³/mol. The van der Waals surface area contributed by atoms with Gasteiger partial charge in [0.05, 0.1) is 17.7 Å². The van der Waals surface area contributed by atoms with Gasteiger partial charge in [-0.1, -0.05) is 17.7 Å². The van der Waals surface area contributed by atoms with E-state index in [1.165, 1.54) is 7.11 Å². The van der Waals surface area contributed by atoms with Crippen molar-refractivity contribution in [1.29, 1.82) is 0 Å². The van der Waals surface area contributed by atoms with Crippen LogP contribution in [0.4, 0.5) is 0 Å². The molecule has 5 heteroatoms. The molecule has 0 spiro atoms. The van der Waals surface area contributed by atoms with Crippen LogP contribution in [-0.4, -0.2) is 13.1 Å². The quantitative estimate of drug-likeness (QED) is 0.653. The number of rotatable bonds is 3. The van der Waals surface area contributed by atoms with E-state index in [2.05, 4.69) is 4.74 Å². The molecule has 0 aliphatic heterocycles. The number of esters is 1. The number of carbonyl (C=O) groups is 1. The summed E-state index contributed by atoms with van der Waals surface area (Å²) < 4.78 is 4.59. The molecule has 0 bridgehead atoms. The molecule has 4 nitrogen and oxygen atoms in total. The summed E-state index contributed by atoms with van der Waals surface area (Å²) in [6, 6.07) is 4.95. The van der Waals surface area contributed by atoms with Gasteiger partial charge in [0.25, 0.3) is 0 Å². The smallest absolute Gasteiger partial charge is 0.339 e. The fourth-order valence-electron chi connectivity index (χ4n) is 1.23. The topological polar surface area (TPSA) is 61.5 Å². The largest absolute Gasteiger partial charge is 0.465 e. The highest BCUT2D eigenvalue weighted by molar-refractivity contribution is 6.33. The average Bonchev–Trinajstić information content (AvgIpc) is 2.28. The third-order valence-corrected chi connectivity index (χ3v) is 2.68. The molecule has 0 aromatic heterocycles. The van der Waals surface area contributed by atoms with E-state index in [0.29, 0.717) is 10.6 Å². The first kappa shape index (κ1) is 13.0. The summed E-state index contributed by atoms with van der Waals surface area (Å²) in [6.07, 6.45) is 0. The van der Waals surface area contributed by atoms with E-state index < -0.39 is 11.6 Å². The summed E-state index contributed by atoms with van der Waals surface area (Å²) in [6.45, 7) is 3.60. The van der Waals surface area contributed by atoms with Crippen molar-refractivity contribution in [2.45, 2.75) is 19.4 Å². The minimum absolute atomic E-state index is 0.314. The van der Waals surface area contributed by atoms with Crippen molar-refractivity contribution in [2.24, 2.45) is 5.90 Å². The molecule has 2 N–H and O–H groups in total. The van der Waals surface area contributed by atoms with Gasteiger partial charge < -0.3 is 4.74 Å². The van der Waals surface area contributed by atoms with Crippen LogP contribution in [0.2, 0.25) is 5.02 Å². The molecule has 0 heterocycles. The van der Waals surface area contributed by atoms with E-state index in [-0.39, 0.29) is 0 Å². The Morgan fingerprint density at radius 3 is 2.50 bits per heavy atom. The highest BCUT2D eigenvalue weighted by atomic mass is 35.5. The molecule has 1 rings (SSSR count). The fraction of sp³-hybridized carbons (Fsp3) is 0.364. The van der Waals surface area contributed by atoms with E-state index in [1.807, 2.05) is 0 Å². The van der Waals surface area contributed by atoms with Crippen molar-refractivity contribution in [2.75, 3.05) is 7.11 Å². The Hall–Kier alpha value is -1.10. The van der Waals surface area contributed by atoms with Gasteiger partial charge in [-0.3, -0.25) is 4.84 Å². The first-order valence-electron chi connectivity index (χ1n) is 4.68. The number of hydrogen-bond acceptors (Lipinski definition) is 4. The van der Waals surface area contributed by atoms with Gasteiger partial charge in [-0.25, -0.2) is 10.7 Å². The zero-order valence-electron chi connectivity index (χ0n) is 9.41. The van der Waals surface area contributed by atoms with Crippen molar-refractivity contribution < 1.29 is 14.4 Å². The van der Waals surface area contributed by atoms with E-state index >= 15 is 0 Å². The summed E-state index contributed by atoms with van der Waals surface area (Å²) in [4.78, 5) is 16.1. The van der Waals surface area contributed by atoms with Crippen molar-refractivity contribution in [3.63, 3.8) is 0 Å². The van der Waals surface area contributed by atoms with Crippen molar-refractivity contribution in [3.8, 4) is 0 Å². The predicted octanol–water partition coefficient (Wildman–Crippen LogP) is 2.25. The number of methoxy groups -OCH3 is 1. The normalized spacial score (nSPS) is 11.3. The summed E-state index contributed by atoms with van der Waals surface area (Å²) in [7, 11) is 1.31. The fourth-order valence-corrected chi connectivity index (χ4v) is 1.49. The molecule has 0 unspecified atom stereocenters. The van der Waals surface area contributed by atoms with Crippen LogP contribution in [0.1, 0.15) is 29.8 Å². The van der Waals surface area contributed by atoms with Gasteiger partial charge >= 0.3 is 5.97 Å². The van der Waals surface area contributed by atoms with E-state index in [0.717, 1.165) is 5.56 Å². The number of ether oxygens (including phenoxy) is 1. The Labute approximate surface area is 99.2 Å². The van der Waals surface area contributed by atoms with Crippen molar-refractivity contribution in [3.05, 3.63) is 34.3 Å². The molecule has 0 atom stereocenters. The number of benzene rings is 1. The number of hydrogen-bond donors (Lipinski definition) is 1. The van der Waals surface area contributed by atoms with Crippen LogP contribution in [-0.2, 0) is 15.2 Å². The number of carbonyl (C=O) groups excluding carboxylic acids is 1. The Morgan fingerprint density at radius 2 is 2.06 bits per heavy atom. The summed E-state index contributed by atoms with van der Waals surface area (Å²) in [5.74, 6) is 4.71. The summed E-state index contributed by atoms with van der Waals surface area (Å²) >= 11 is 5.97. The minimum Gasteiger partial charge on any atom is -0.465 e. The SMILES string of the molecule is COC(=O)c1ccc(C(C)(C)ON)cc1Cl. The van der Waals surface area contributed by atoms with Crippen LogP contribution >= 0.6 is 11.6 Å². The van der Waals surface area contributed by atoms with Crippen LogP contribution in [0.25, 0.3) is 0 Å². The maximum absolute atomic E-state index is 11.3. The van der Waals surface area contributed by atoms with Crippen LogP contribution < -0.4 is 5.90 Å². The van der Waals surface area contributed by atoms with Gasteiger partial charge in [-0.05, 0) is 31.5 Å². The Bertz CT molecular complexity index is 404. The molecule has 0 amide bonds. The van der Waals surface area contributed by atoms with Crippen LogP contribution in [0.15, 0.2) is 18.2 Å². The van der Waals surface area contributed by atoms with E-state index in [9.17, 15) is 4.79 Å². The third kappa shape index (κ3) is 2.52. The lowest BCUT2D eigenvalue weighted by Crippen LogP contribution is -2.25. The highest BCUT2D eigenvalue weighted by Gasteiger charge is 2.22. The molecule has 88 valence electrons. The maximum Gasteiger partial charge on any atom is 0.339 e. The Balaban J connectivity index is 3.14. The summed E-state index contributed by atoms with van der Waals surface area (Å²) in [5, 5.41) is 0.314. The maximum atomic E-state index is 11.3. The molecule has 0 radical (unpaired) electrons. The standard InChI is InChI=1S/C11H14ClNO3/c1-11(2,16-13)7-4-5-8(9(12)6-7)10(14)15-3/h4-6H,13H2,1-3H3. The zero-order valence-corrected chi connectivity index (χ0v) is 10.2. The van der Waals surface area contributed by atoms with Gasteiger partial charge in [0.15, 0.2) is 0 Å². The molecule has 0 saturated heterocycles. The minimum atomic E-state index is -0.654. The first-order valence-corrected chi connectivity index (χ1v) is 5.06. The second kappa shape index (κ2) is 4.82. The molecular formula is C11H14ClNO3. The van der Waals surface area contributed by atoms with Crippen LogP contribution in [0.3, 0.4) is 0 Å². The van der Waals surface area contributed by atoms with Crippen molar-refractivity contribution in [1.82, 2.24) is 0 Å². The second-order valence-electron chi connectivity index (χ2n) is 3.81. The molecule has 0 saturated carbocycles. The lowest BCUT2D eigenvalue weighted by atomic mass is 9.97. The zero-order chi connectivity index (χ0) is 12.3. The lowest BCUT2D eigenvalue weighted by Gasteiger charge is -2.22. The van der Waals surface area contributed by atoms with E-state index in [1.54, 1.807) is 32.0 Å². The second-order valence-corrected chi connectivity index (χ2v) is 4.22. The number of nitrogens with two attached hydrogens (primary N) is 1. The van der Waals surface area contributed by atoms with Crippen molar-refractivity contribution >= 4 is 17.6 Å². The van der Waals surface area contributed by atoms with Gasteiger partial charge in [-0.15, -0.1) is 0 Å². The molecule has 1 aromatic carbocycles. The third-order valence-electron chi connectivity index (χ3n) is 2.36. The van der Waals surface area contributed by atoms with Gasteiger partial charge in [-0.2, -0.15) is 0 Å². The monoisotopic (exact) mass is 243 g/mol. The molecule has 16 heavy (non-hydrogen) atoms. The first-order chi connectivity index (χ1) is 7.42. The van der Waals surface area contributed by atoms with Crippen LogP contribution in [0.5, 0.6) is 0 Å². The Kier molecular flexibility index (Phi) is 3.91. The van der Waals surface area contributed by atoms with Gasteiger partial charge in [0, 0.05) is 0 Å². The average molecular weight is 244 g/mol. The summed E-state index contributed by atoms with van der Waals surface area (Å²) in [5.41, 5.74) is 0.451. The number of halogens is 1. The Morgan fingerprint density at radius 1 is 1.44 bits per heavy atom. The lowest BCUT2D eigenvalue weighted by molar-refractivity contribution is -0.0236. The van der Waals surface area contributed by atoms with Crippen LogP contribution in [0, 0.1) is 0 Å². The van der Waals surface area contributed by atoms with Gasteiger partial charge in [0.1, 0.15) is 5.60 Å². The van der Waals surface area contributed by atoms with Gasteiger partial charge in [0.2, 0.25) is 0 Å². The molecule has 0 aliphatic carbocycles.